The Hall–Kier alpha value is -3.33. The van der Waals surface area contributed by atoms with E-state index in [-0.39, 0.29) is 6.09 Å². The molecule has 1 aliphatic rings. The Labute approximate surface area is 195 Å². The summed E-state index contributed by atoms with van der Waals surface area (Å²) < 4.78 is 7.29. The lowest BCUT2D eigenvalue weighted by Gasteiger charge is -2.23. The smallest absolute Gasteiger partial charge is 0.410 e. The van der Waals surface area contributed by atoms with Crippen LogP contribution in [0.15, 0.2) is 30.1 Å². The molecule has 0 unspecified atom stereocenters. The third-order valence-corrected chi connectivity index (χ3v) is 6.31. The van der Waals surface area contributed by atoms with Gasteiger partial charge in [0.05, 0.1) is 18.1 Å². The molecule has 0 aliphatic carbocycles. The molecule has 0 bridgehead atoms. The Balaban J connectivity index is 1.39. The van der Waals surface area contributed by atoms with Crippen LogP contribution in [0.3, 0.4) is 0 Å². The van der Waals surface area contributed by atoms with Crippen molar-refractivity contribution in [2.75, 3.05) is 13.1 Å². The van der Waals surface area contributed by atoms with Gasteiger partial charge in [-0.05, 0) is 70.4 Å². The number of hydrogen-bond acceptors (Lipinski definition) is 7. The summed E-state index contributed by atoms with van der Waals surface area (Å²) in [4.78, 5) is 30.0. The maximum absolute atomic E-state index is 12.3. The zero-order valence-electron chi connectivity index (χ0n) is 19.4. The molecule has 4 aromatic rings. The largest absolute Gasteiger partial charge is 0.444 e. The second-order valence-corrected chi connectivity index (χ2v) is 10.5. The minimum absolute atomic E-state index is 0.261. The molecular weight excluding hydrogens is 436 g/mol. The third-order valence-electron chi connectivity index (χ3n) is 5.35. The van der Waals surface area contributed by atoms with Gasteiger partial charge in [0.1, 0.15) is 27.3 Å². The van der Waals surface area contributed by atoms with Crippen LogP contribution in [0.1, 0.15) is 43.3 Å². The molecule has 0 aromatic carbocycles. The molecule has 0 spiro atoms. The van der Waals surface area contributed by atoms with Crippen LogP contribution in [-0.2, 0) is 4.74 Å². The predicted molar refractivity (Wildman–Crippen MR) is 129 cm³/mol. The Kier molecular flexibility index (Phi) is 5.16. The van der Waals surface area contributed by atoms with Gasteiger partial charge in [-0.25, -0.2) is 19.3 Å². The number of hydrogen-bond donors (Lipinski definition) is 0. The van der Waals surface area contributed by atoms with Gasteiger partial charge in [-0.15, -0.1) is 11.3 Å². The van der Waals surface area contributed by atoms with Gasteiger partial charge >= 0.3 is 6.09 Å². The molecular formula is C24H26N6O2S. The van der Waals surface area contributed by atoms with Gasteiger partial charge in [-0.1, -0.05) is 0 Å². The van der Waals surface area contributed by atoms with Gasteiger partial charge in [0.15, 0.2) is 5.65 Å². The van der Waals surface area contributed by atoms with Crippen LogP contribution in [0, 0.1) is 13.8 Å². The Morgan fingerprint density at radius 1 is 1.18 bits per heavy atom. The van der Waals surface area contributed by atoms with E-state index < -0.39 is 5.60 Å². The number of likely N-dealkylation sites (tertiary alicyclic amines) is 1. The monoisotopic (exact) mass is 462 g/mol. The van der Waals surface area contributed by atoms with Crippen LogP contribution in [0.25, 0.3) is 33.5 Å². The molecule has 0 N–H and O–H groups in total. The summed E-state index contributed by atoms with van der Waals surface area (Å²) in [6.07, 6.45) is 6.40. The molecule has 0 saturated carbocycles. The molecule has 1 aliphatic heterocycles. The van der Waals surface area contributed by atoms with Crippen molar-refractivity contribution >= 4 is 39.5 Å². The lowest BCUT2D eigenvalue weighted by molar-refractivity contribution is 0.0299. The quantitative estimate of drug-likeness (QED) is 0.415. The Morgan fingerprint density at radius 2 is 2.00 bits per heavy atom. The maximum atomic E-state index is 12.3. The summed E-state index contributed by atoms with van der Waals surface area (Å²) in [6.45, 7) is 10.9. The number of amides is 1. The number of fused-ring (bicyclic) bond motifs is 2. The molecule has 5 heterocycles. The fraction of sp³-hybridized carbons (Fsp3) is 0.375. The average molecular weight is 463 g/mol. The van der Waals surface area contributed by atoms with Crippen molar-refractivity contribution in [2.45, 2.75) is 46.6 Å². The second-order valence-electron chi connectivity index (χ2n) is 9.41. The van der Waals surface area contributed by atoms with E-state index >= 15 is 0 Å². The summed E-state index contributed by atoms with van der Waals surface area (Å²) in [5.41, 5.74) is 5.89. The molecule has 8 nitrogen and oxygen atoms in total. The van der Waals surface area contributed by atoms with E-state index in [1.165, 1.54) is 5.57 Å². The number of imidazole rings is 1. The van der Waals surface area contributed by atoms with Gasteiger partial charge in [0.25, 0.3) is 0 Å². The molecule has 5 rings (SSSR count). The highest BCUT2D eigenvalue weighted by atomic mass is 32.1. The fourth-order valence-electron chi connectivity index (χ4n) is 3.88. The van der Waals surface area contributed by atoms with Gasteiger partial charge in [-0.3, -0.25) is 4.98 Å². The molecule has 0 atom stereocenters. The first kappa shape index (κ1) is 21.5. The topological polar surface area (TPSA) is 85.5 Å². The lowest BCUT2D eigenvalue weighted by atomic mass is 10.2. The van der Waals surface area contributed by atoms with Gasteiger partial charge in [-0.2, -0.15) is 5.10 Å². The molecule has 170 valence electrons. The van der Waals surface area contributed by atoms with E-state index in [2.05, 4.69) is 21.1 Å². The average Bonchev–Trinajstić information content (AvgIpc) is 3.43. The van der Waals surface area contributed by atoms with Crippen LogP contribution in [0.4, 0.5) is 4.79 Å². The SMILES string of the molecule is Cc1cn2nc(-c3cnc4cc(/C=C5\CCN(C(=O)OC(C)(C)C)C5)sc4n3)cc(C)c2n1. The standard InChI is InChI=1S/C24H26N6O2S/c1-14-8-18(28-30-12-15(2)26-21(14)30)20-11-25-19-10-17(33-22(19)27-20)9-16-6-7-29(13-16)23(31)32-24(3,4)5/h8-12H,6-7,13H2,1-5H3/b16-9+. The fourth-order valence-corrected chi connectivity index (χ4v) is 4.86. The van der Waals surface area contributed by atoms with Crippen LogP contribution >= 0.6 is 11.3 Å². The zero-order chi connectivity index (χ0) is 23.3. The van der Waals surface area contributed by atoms with E-state index in [9.17, 15) is 4.79 Å². The zero-order valence-corrected chi connectivity index (χ0v) is 20.2. The predicted octanol–water partition coefficient (Wildman–Crippen LogP) is 5.04. The molecule has 1 saturated heterocycles. The van der Waals surface area contributed by atoms with Crippen molar-refractivity contribution in [1.29, 1.82) is 0 Å². The molecule has 9 heteroatoms. The highest BCUT2D eigenvalue weighted by molar-refractivity contribution is 7.19. The van der Waals surface area contributed by atoms with Crippen molar-refractivity contribution in [3.8, 4) is 11.4 Å². The highest BCUT2D eigenvalue weighted by Gasteiger charge is 2.26. The summed E-state index contributed by atoms with van der Waals surface area (Å²) in [5, 5.41) is 4.67. The van der Waals surface area contributed by atoms with Crippen LogP contribution < -0.4 is 0 Å². The third kappa shape index (κ3) is 4.45. The number of carbonyl (C=O) groups excluding carboxylic acids is 1. The minimum atomic E-state index is -0.487. The van der Waals surface area contributed by atoms with Crippen molar-refractivity contribution in [3.05, 3.63) is 46.2 Å². The molecule has 4 aromatic heterocycles. The van der Waals surface area contributed by atoms with Crippen molar-refractivity contribution in [3.63, 3.8) is 0 Å². The molecule has 1 amide bonds. The number of aryl methyl sites for hydroxylation is 2. The molecule has 0 radical (unpaired) electrons. The summed E-state index contributed by atoms with van der Waals surface area (Å²) in [5.74, 6) is 0. The first-order valence-electron chi connectivity index (χ1n) is 10.9. The van der Waals surface area contributed by atoms with E-state index in [0.717, 1.165) is 49.9 Å². The van der Waals surface area contributed by atoms with Gasteiger partial charge < -0.3 is 9.64 Å². The van der Waals surface area contributed by atoms with Crippen LogP contribution in [-0.4, -0.2) is 54.2 Å². The number of thiophene rings is 1. The van der Waals surface area contributed by atoms with E-state index in [4.69, 9.17) is 9.72 Å². The second kappa shape index (κ2) is 7.91. The van der Waals surface area contributed by atoms with Crippen molar-refractivity contribution < 1.29 is 9.53 Å². The van der Waals surface area contributed by atoms with E-state index in [0.29, 0.717) is 13.1 Å². The van der Waals surface area contributed by atoms with Crippen molar-refractivity contribution in [2.24, 2.45) is 0 Å². The van der Waals surface area contributed by atoms with Crippen molar-refractivity contribution in [1.82, 2.24) is 29.5 Å². The summed E-state index contributed by atoms with van der Waals surface area (Å²) >= 11 is 1.59. The highest BCUT2D eigenvalue weighted by Crippen LogP contribution is 2.29. The molecule has 33 heavy (non-hydrogen) atoms. The van der Waals surface area contributed by atoms with Crippen LogP contribution in [0.5, 0.6) is 0 Å². The maximum Gasteiger partial charge on any atom is 0.410 e. The van der Waals surface area contributed by atoms with E-state index in [1.54, 1.807) is 26.9 Å². The molecule has 1 fully saturated rings. The number of nitrogens with zero attached hydrogens (tertiary/aromatic N) is 6. The van der Waals surface area contributed by atoms with Gasteiger partial charge in [0, 0.05) is 18.0 Å². The number of carbonyl (C=O) groups is 1. The summed E-state index contributed by atoms with van der Waals surface area (Å²) in [6, 6.07) is 4.04. The van der Waals surface area contributed by atoms with E-state index in [1.807, 2.05) is 52.9 Å². The number of rotatable bonds is 2. The normalized spacial score (nSPS) is 15.8. The number of aromatic nitrogens is 5. The lowest BCUT2D eigenvalue weighted by Crippen LogP contribution is -2.34. The summed E-state index contributed by atoms with van der Waals surface area (Å²) in [7, 11) is 0. The van der Waals surface area contributed by atoms with Gasteiger partial charge in [0.2, 0.25) is 0 Å². The number of ether oxygens (including phenoxy) is 1. The minimum Gasteiger partial charge on any atom is -0.444 e. The Bertz CT molecular complexity index is 1410. The Morgan fingerprint density at radius 3 is 2.79 bits per heavy atom. The first-order chi connectivity index (χ1) is 15.6. The first-order valence-corrected chi connectivity index (χ1v) is 11.7. The van der Waals surface area contributed by atoms with Crippen LogP contribution in [0.2, 0.25) is 0 Å².